The summed E-state index contributed by atoms with van der Waals surface area (Å²) in [7, 11) is 1.87. The van der Waals surface area contributed by atoms with Gasteiger partial charge in [-0.2, -0.15) is 0 Å². The van der Waals surface area contributed by atoms with Gasteiger partial charge in [-0.1, -0.05) is 0 Å². The first kappa shape index (κ1) is 18.7. The van der Waals surface area contributed by atoms with E-state index in [9.17, 15) is 9.18 Å². The minimum Gasteiger partial charge on any atom is -0.484 e. The van der Waals surface area contributed by atoms with Gasteiger partial charge in [0.2, 0.25) is 0 Å². The standard InChI is InChI=1S/C18H15FIN3O2S/c1-23-9-8-21-18(23)26-16-7-2-12(19)10-15(16)22-17(24)11-25-14-5-3-13(20)4-6-14/h2-10H,11H2,1H3,(H,22,24). The molecule has 0 unspecified atom stereocenters. The van der Waals surface area contributed by atoms with Crippen LogP contribution in [0.4, 0.5) is 10.1 Å². The largest absolute Gasteiger partial charge is 0.484 e. The summed E-state index contributed by atoms with van der Waals surface area (Å²) in [6, 6.07) is 11.6. The third kappa shape index (κ3) is 4.98. The van der Waals surface area contributed by atoms with Crippen LogP contribution in [-0.2, 0) is 11.8 Å². The number of carbonyl (C=O) groups is 1. The lowest BCUT2D eigenvalue weighted by atomic mass is 10.3. The van der Waals surface area contributed by atoms with Crippen LogP contribution >= 0.6 is 34.4 Å². The van der Waals surface area contributed by atoms with Crippen LogP contribution in [0.25, 0.3) is 0 Å². The molecule has 26 heavy (non-hydrogen) atoms. The highest BCUT2D eigenvalue weighted by molar-refractivity contribution is 14.1. The Balaban J connectivity index is 1.68. The van der Waals surface area contributed by atoms with Gasteiger partial charge in [-0.25, -0.2) is 9.37 Å². The topological polar surface area (TPSA) is 56.2 Å². The number of imidazole rings is 1. The molecular weight excluding hydrogens is 468 g/mol. The summed E-state index contributed by atoms with van der Waals surface area (Å²) in [6.07, 6.45) is 3.50. The molecule has 0 aliphatic rings. The molecule has 134 valence electrons. The van der Waals surface area contributed by atoms with E-state index in [2.05, 4.69) is 32.9 Å². The number of nitrogens with zero attached hydrogens (tertiary/aromatic N) is 2. The molecule has 0 radical (unpaired) electrons. The van der Waals surface area contributed by atoms with E-state index in [1.165, 1.54) is 23.9 Å². The molecule has 0 atom stereocenters. The lowest BCUT2D eigenvalue weighted by molar-refractivity contribution is -0.118. The average molecular weight is 483 g/mol. The van der Waals surface area contributed by atoms with Crippen LogP contribution in [-0.4, -0.2) is 22.1 Å². The fourth-order valence-corrected chi connectivity index (χ4v) is 3.33. The number of aromatic nitrogens is 2. The Labute approximate surface area is 168 Å². The minimum absolute atomic E-state index is 0.163. The maximum Gasteiger partial charge on any atom is 0.262 e. The summed E-state index contributed by atoms with van der Waals surface area (Å²) >= 11 is 3.53. The maximum atomic E-state index is 13.6. The minimum atomic E-state index is -0.428. The van der Waals surface area contributed by atoms with Crippen LogP contribution in [0.15, 0.2) is 64.9 Å². The lowest BCUT2D eigenvalue weighted by Gasteiger charge is -2.12. The molecule has 0 bridgehead atoms. The van der Waals surface area contributed by atoms with Crippen LogP contribution in [0.2, 0.25) is 0 Å². The molecule has 0 saturated carbocycles. The normalized spacial score (nSPS) is 10.6. The van der Waals surface area contributed by atoms with E-state index in [-0.39, 0.29) is 12.5 Å². The van der Waals surface area contributed by atoms with Crippen molar-refractivity contribution < 1.29 is 13.9 Å². The molecule has 1 aromatic heterocycles. The summed E-state index contributed by atoms with van der Waals surface area (Å²) < 4.78 is 22.0. The van der Waals surface area contributed by atoms with Crippen molar-refractivity contribution in [3.05, 3.63) is 64.2 Å². The van der Waals surface area contributed by atoms with E-state index in [1.807, 2.05) is 29.9 Å². The second kappa shape index (κ2) is 8.54. The Morgan fingerprint density at radius 3 is 2.77 bits per heavy atom. The van der Waals surface area contributed by atoms with Gasteiger partial charge in [-0.3, -0.25) is 4.79 Å². The predicted octanol–water partition coefficient (Wildman–Crippen LogP) is 4.33. The smallest absolute Gasteiger partial charge is 0.262 e. The zero-order valence-electron chi connectivity index (χ0n) is 13.8. The Morgan fingerprint density at radius 2 is 2.08 bits per heavy atom. The average Bonchev–Trinajstić information content (AvgIpc) is 3.02. The molecule has 1 N–H and O–H groups in total. The van der Waals surface area contributed by atoms with Gasteiger partial charge in [-0.15, -0.1) is 0 Å². The van der Waals surface area contributed by atoms with Crippen molar-refractivity contribution in [1.29, 1.82) is 0 Å². The second-order valence-corrected chi connectivity index (χ2v) is 7.61. The molecule has 0 fully saturated rings. The first-order valence-corrected chi connectivity index (χ1v) is 9.54. The summed E-state index contributed by atoms with van der Waals surface area (Å²) in [5.74, 6) is -0.193. The lowest BCUT2D eigenvalue weighted by Crippen LogP contribution is -2.20. The molecule has 0 aliphatic carbocycles. The first-order chi connectivity index (χ1) is 12.5. The third-order valence-electron chi connectivity index (χ3n) is 3.38. The quantitative estimate of drug-likeness (QED) is 0.531. The summed E-state index contributed by atoms with van der Waals surface area (Å²) in [5.41, 5.74) is 0.384. The van der Waals surface area contributed by atoms with Gasteiger partial charge in [0.15, 0.2) is 11.8 Å². The summed E-state index contributed by atoms with van der Waals surface area (Å²) in [6.45, 7) is -0.163. The van der Waals surface area contributed by atoms with Gasteiger partial charge >= 0.3 is 0 Å². The van der Waals surface area contributed by atoms with Gasteiger partial charge < -0.3 is 14.6 Å². The molecule has 0 aliphatic heterocycles. The van der Waals surface area contributed by atoms with Crippen molar-refractivity contribution >= 4 is 45.9 Å². The molecular formula is C18H15FIN3O2S. The van der Waals surface area contributed by atoms with Crippen LogP contribution < -0.4 is 10.1 Å². The van der Waals surface area contributed by atoms with E-state index in [1.54, 1.807) is 24.4 Å². The molecule has 0 spiro atoms. The van der Waals surface area contributed by atoms with Crippen LogP contribution in [0.1, 0.15) is 0 Å². The zero-order chi connectivity index (χ0) is 18.5. The Bertz CT molecular complexity index is 915. The van der Waals surface area contributed by atoms with Gasteiger partial charge in [0.05, 0.1) is 5.69 Å². The van der Waals surface area contributed by atoms with Crippen LogP contribution in [0.3, 0.4) is 0 Å². The SMILES string of the molecule is Cn1ccnc1Sc1ccc(F)cc1NC(=O)COc1ccc(I)cc1. The van der Waals surface area contributed by atoms with Crippen molar-refractivity contribution in [3.63, 3.8) is 0 Å². The van der Waals surface area contributed by atoms with E-state index >= 15 is 0 Å². The van der Waals surface area contributed by atoms with Crippen LogP contribution in [0.5, 0.6) is 5.75 Å². The van der Waals surface area contributed by atoms with Crippen molar-refractivity contribution in [2.75, 3.05) is 11.9 Å². The fraction of sp³-hybridized carbons (Fsp3) is 0.111. The van der Waals surface area contributed by atoms with Crippen molar-refractivity contribution in [2.45, 2.75) is 10.1 Å². The number of ether oxygens (including phenoxy) is 1. The van der Waals surface area contributed by atoms with Gasteiger partial charge in [-0.05, 0) is 76.8 Å². The van der Waals surface area contributed by atoms with Crippen molar-refractivity contribution in [1.82, 2.24) is 9.55 Å². The molecule has 5 nitrogen and oxygen atoms in total. The number of anilines is 1. The number of aryl methyl sites for hydroxylation is 1. The van der Waals surface area contributed by atoms with E-state index in [0.29, 0.717) is 16.3 Å². The molecule has 1 heterocycles. The number of rotatable bonds is 6. The first-order valence-electron chi connectivity index (χ1n) is 7.64. The second-order valence-electron chi connectivity index (χ2n) is 5.35. The van der Waals surface area contributed by atoms with E-state index in [4.69, 9.17) is 4.74 Å². The highest BCUT2D eigenvalue weighted by atomic mass is 127. The fourth-order valence-electron chi connectivity index (χ4n) is 2.10. The number of amides is 1. The Morgan fingerprint density at radius 1 is 1.31 bits per heavy atom. The van der Waals surface area contributed by atoms with Gasteiger partial charge in [0, 0.05) is 27.9 Å². The van der Waals surface area contributed by atoms with E-state index < -0.39 is 5.82 Å². The molecule has 8 heteroatoms. The van der Waals surface area contributed by atoms with Crippen molar-refractivity contribution in [3.8, 4) is 5.75 Å². The van der Waals surface area contributed by atoms with Crippen molar-refractivity contribution in [2.24, 2.45) is 7.05 Å². The number of halogens is 2. The number of nitrogens with one attached hydrogen (secondary N) is 1. The number of benzene rings is 2. The molecule has 3 rings (SSSR count). The molecule has 1 amide bonds. The molecule has 0 saturated heterocycles. The maximum absolute atomic E-state index is 13.6. The van der Waals surface area contributed by atoms with Gasteiger partial charge in [0.25, 0.3) is 5.91 Å². The monoisotopic (exact) mass is 483 g/mol. The number of carbonyl (C=O) groups excluding carboxylic acids is 1. The Kier molecular flexibility index (Phi) is 6.15. The number of hydrogen-bond donors (Lipinski definition) is 1. The highest BCUT2D eigenvalue weighted by Crippen LogP contribution is 2.32. The highest BCUT2D eigenvalue weighted by Gasteiger charge is 2.12. The molecule has 2 aromatic carbocycles. The van der Waals surface area contributed by atoms with Crippen LogP contribution in [0, 0.1) is 9.39 Å². The summed E-state index contributed by atoms with van der Waals surface area (Å²) in [4.78, 5) is 17.1. The number of hydrogen-bond acceptors (Lipinski definition) is 4. The zero-order valence-corrected chi connectivity index (χ0v) is 16.8. The molecule has 3 aromatic rings. The predicted molar refractivity (Wildman–Crippen MR) is 107 cm³/mol. The summed E-state index contributed by atoms with van der Waals surface area (Å²) in [5, 5.41) is 3.44. The Hall–Kier alpha value is -2.07. The van der Waals surface area contributed by atoms with E-state index in [0.717, 1.165) is 8.73 Å². The third-order valence-corrected chi connectivity index (χ3v) is 5.25. The van der Waals surface area contributed by atoms with Gasteiger partial charge in [0.1, 0.15) is 11.6 Å².